The number of ether oxygens (including phenoxy) is 2. The van der Waals surface area contributed by atoms with Crippen molar-refractivity contribution in [2.75, 3.05) is 19.1 Å². The lowest BCUT2D eigenvalue weighted by Gasteiger charge is -2.57. The van der Waals surface area contributed by atoms with Gasteiger partial charge in [-0.1, -0.05) is 0 Å². The van der Waals surface area contributed by atoms with E-state index in [-0.39, 0.29) is 12.5 Å². The summed E-state index contributed by atoms with van der Waals surface area (Å²) in [5, 5.41) is 0. The molecule has 21 heavy (non-hydrogen) atoms. The fraction of sp³-hybridized carbons (Fsp3) is 0.875. The summed E-state index contributed by atoms with van der Waals surface area (Å²) in [5.41, 5.74) is 0.418. The summed E-state index contributed by atoms with van der Waals surface area (Å²) in [6.07, 6.45) is 9.19. The molecule has 4 saturated carbocycles. The van der Waals surface area contributed by atoms with Gasteiger partial charge in [-0.3, -0.25) is 4.79 Å². The first kappa shape index (κ1) is 15.1. The highest BCUT2D eigenvalue weighted by Crippen LogP contribution is 2.61. The number of alkyl halides is 1. The Morgan fingerprint density at radius 2 is 1.52 bits per heavy atom. The van der Waals surface area contributed by atoms with Crippen LogP contribution in [0.2, 0.25) is 0 Å². The van der Waals surface area contributed by atoms with E-state index >= 15 is 0 Å². The van der Waals surface area contributed by atoms with Crippen LogP contribution < -0.4 is 0 Å². The maximum Gasteiger partial charge on any atom is 0.344 e. The molecule has 4 fully saturated rings. The molecule has 4 bridgehead atoms. The van der Waals surface area contributed by atoms with Crippen LogP contribution in [0.25, 0.3) is 0 Å². The number of halogens is 1. The Bertz CT molecular complexity index is 385. The Morgan fingerprint density at radius 3 is 2.05 bits per heavy atom. The number of carbonyl (C=O) groups is 2. The first-order chi connectivity index (χ1) is 10.1. The number of hydrogen-bond acceptors (Lipinski definition) is 4. The average molecular weight is 315 g/mol. The highest BCUT2D eigenvalue weighted by Gasteiger charge is 2.50. The Labute approximate surface area is 130 Å². The van der Waals surface area contributed by atoms with E-state index in [1.54, 1.807) is 0 Å². The van der Waals surface area contributed by atoms with Gasteiger partial charge in [0.05, 0.1) is 6.61 Å². The van der Waals surface area contributed by atoms with E-state index in [1.165, 1.54) is 38.5 Å². The van der Waals surface area contributed by atoms with E-state index in [1.807, 2.05) is 0 Å². The molecule has 0 unspecified atom stereocenters. The van der Waals surface area contributed by atoms with E-state index < -0.39 is 11.9 Å². The first-order valence-corrected chi connectivity index (χ1v) is 8.49. The maximum atomic E-state index is 11.5. The second-order valence-corrected chi connectivity index (χ2v) is 7.45. The molecular weight excluding hydrogens is 292 g/mol. The van der Waals surface area contributed by atoms with E-state index in [9.17, 15) is 9.59 Å². The van der Waals surface area contributed by atoms with Crippen molar-refractivity contribution >= 4 is 23.5 Å². The average Bonchev–Trinajstić information content (AvgIpc) is 2.43. The number of carbonyl (C=O) groups excluding carboxylic acids is 2. The summed E-state index contributed by atoms with van der Waals surface area (Å²) in [6, 6.07) is 0. The topological polar surface area (TPSA) is 52.6 Å². The Morgan fingerprint density at radius 1 is 0.952 bits per heavy atom. The van der Waals surface area contributed by atoms with Gasteiger partial charge in [0, 0.05) is 0 Å². The standard InChI is InChI=1S/C16H23ClO4/c17-9-14(18)21-10-15(19)20-2-1-16-6-11-3-12(7-16)5-13(4-11)8-16/h11-13H,1-10H2. The van der Waals surface area contributed by atoms with E-state index in [2.05, 4.69) is 4.74 Å². The van der Waals surface area contributed by atoms with Gasteiger partial charge in [0.2, 0.25) is 0 Å². The van der Waals surface area contributed by atoms with Gasteiger partial charge in [0.15, 0.2) is 6.61 Å². The molecule has 4 nitrogen and oxygen atoms in total. The van der Waals surface area contributed by atoms with Crippen LogP contribution in [0.4, 0.5) is 0 Å². The van der Waals surface area contributed by atoms with Crippen molar-refractivity contribution in [1.82, 2.24) is 0 Å². The van der Waals surface area contributed by atoms with Crippen LogP contribution >= 0.6 is 11.6 Å². The zero-order chi connectivity index (χ0) is 14.9. The lowest BCUT2D eigenvalue weighted by Crippen LogP contribution is -2.46. The minimum Gasteiger partial charge on any atom is -0.463 e. The molecular formula is C16H23ClO4. The van der Waals surface area contributed by atoms with Crippen molar-refractivity contribution in [2.24, 2.45) is 23.2 Å². The van der Waals surface area contributed by atoms with Crippen LogP contribution in [0.3, 0.4) is 0 Å². The normalized spacial score (nSPS) is 36.5. The van der Waals surface area contributed by atoms with Gasteiger partial charge in [-0.15, -0.1) is 11.6 Å². The molecule has 4 aliphatic carbocycles. The molecule has 0 amide bonds. The molecule has 0 radical (unpaired) electrons. The lowest BCUT2D eigenvalue weighted by atomic mass is 9.49. The maximum absolute atomic E-state index is 11.5. The van der Waals surface area contributed by atoms with Gasteiger partial charge >= 0.3 is 11.9 Å². The van der Waals surface area contributed by atoms with E-state index in [0.29, 0.717) is 12.0 Å². The quantitative estimate of drug-likeness (QED) is 0.559. The van der Waals surface area contributed by atoms with Crippen molar-refractivity contribution in [3.63, 3.8) is 0 Å². The smallest absolute Gasteiger partial charge is 0.344 e. The monoisotopic (exact) mass is 314 g/mol. The van der Waals surface area contributed by atoms with Crippen molar-refractivity contribution < 1.29 is 19.1 Å². The fourth-order valence-electron chi connectivity index (χ4n) is 5.20. The summed E-state index contributed by atoms with van der Waals surface area (Å²) in [5.74, 6) is 1.44. The van der Waals surface area contributed by atoms with Crippen molar-refractivity contribution in [2.45, 2.75) is 44.9 Å². The van der Waals surface area contributed by atoms with E-state index in [0.717, 1.165) is 24.2 Å². The Hall–Kier alpha value is -0.770. The summed E-state index contributed by atoms with van der Waals surface area (Å²) in [7, 11) is 0. The van der Waals surface area contributed by atoms with Crippen LogP contribution in [0.5, 0.6) is 0 Å². The molecule has 0 atom stereocenters. The molecule has 0 N–H and O–H groups in total. The zero-order valence-electron chi connectivity index (χ0n) is 12.3. The lowest BCUT2D eigenvalue weighted by molar-refractivity contribution is -0.158. The minimum absolute atomic E-state index is 0.236. The van der Waals surface area contributed by atoms with Crippen molar-refractivity contribution in [1.29, 1.82) is 0 Å². The van der Waals surface area contributed by atoms with Gasteiger partial charge in [-0.2, -0.15) is 0 Å². The van der Waals surface area contributed by atoms with E-state index in [4.69, 9.17) is 16.3 Å². The third-order valence-electron chi connectivity index (χ3n) is 5.52. The predicted molar refractivity (Wildman–Crippen MR) is 77.9 cm³/mol. The number of rotatable bonds is 6. The molecule has 0 spiro atoms. The molecule has 0 saturated heterocycles. The molecule has 4 aliphatic rings. The fourth-order valence-corrected chi connectivity index (χ4v) is 5.27. The molecule has 0 aromatic heterocycles. The Balaban J connectivity index is 1.41. The van der Waals surface area contributed by atoms with Crippen LogP contribution in [0.1, 0.15) is 44.9 Å². The third kappa shape index (κ3) is 3.53. The van der Waals surface area contributed by atoms with Gasteiger partial charge < -0.3 is 9.47 Å². The van der Waals surface area contributed by atoms with Crippen LogP contribution in [-0.4, -0.2) is 31.0 Å². The first-order valence-electron chi connectivity index (χ1n) is 7.96. The van der Waals surface area contributed by atoms with Crippen molar-refractivity contribution in [3.8, 4) is 0 Å². The molecule has 4 rings (SSSR count). The van der Waals surface area contributed by atoms with Crippen LogP contribution in [-0.2, 0) is 19.1 Å². The molecule has 0 heterocycles. The zero-order valence-corrected chi connectivity index (χ0v) is 13.1. The third-order valence-corrected chi connectivity index (χ3v) is 5.74. The van der Waals surface area contributed by atoms with Gasteiger partial charge in [-0.25, -0.2) is 4.79 Å². The van der Waals surface area contributed by atoms with Crippen molar-refractivity contribution in [3.05, 3.63) is 0 Å². The van der Waals surface area contributed by atoms with Crippen LogP contribution in [0, 0.1) is 23.2 Å². The number of hydrogen-bond donors (Lipinski definition) is 0. The summed E-state index contributed by atoms with van der Waals surface area (Å²) < 4.78 is 9.87. The minimum atomic E-state index is -0.588. The molecule has 0 aromatic carbocycles. The summed E-state index contributed by atoms with van der Waals surface area (Å²) in [4.78, 5) is 22.4. The highest BCUT2D eigenvalue weighted by atomic mass is 35.5. The second-order valence-electron chi connectivity index (χ2n) is 7.18. The molecule has 5 heteroatoms. The summed E-state index contributed by atoms with van der Waals surface area (Å²) >= 11 is 5.29. The number of esters is 2. The van der Waals surface area contributed by atoms with Gasteiger partial charge in [-0.05, 0) is 68.1 Å². The molecule has 0 aromatic rings. The highest BCUT2D eigenvalue weighted by molar-refractivity contribution is 6.26. The molecule has 0 aliphatic heterocycles. The SMILES string of the molecule is O=C(CCl)OCC(=O)OCCC12CC3CC(CC(C3)C1)C2. The molecule has 118 valence electrons. The van der Waals surface area contributed by atoms with Gasteiger partial charge in [0.25, 0.3) is 0 Å². The second kappa shape index (κ2) is 6.15. The van der Waals surface area contributed by atoms with Crippen LogP contribution in [0.15, 0.2) is 0 Å². The predicted octanol–water partition coefficient (Wildman–Crippen LogP) is 2.92. The Kier molecular flexibility index (Phi) is 4.43. The van der Waals surface area contributed by atoms with Gasteiger partial charge in [0.1, 0.15) is 5.88 Å². The largest absolute Gasteiger partial charge is 0.463 e. The summed E-state index contributed by atoms with van der Waals surface area (Å²) in [6.45, 7) is 0.121.